The topological polar surface area (TPSA) is 62.7 Å². The third-order valence-corrected chi connectivity index (χ3v) is 5.19. The van der Waals surface area contributed by atoms with Crippen molar-refractivity contribution in [1.29, 1.82) is 0 Å². The van der Waals surface area contributed by atoms with Crippen LogP contribution in [0, 0.1) is 23.6 Å². The fourth-order valence-corrected chi connectivity index (χ4v) is 3.83. The molecular weight excluding hydrogens is 358 g/mol. The predicted molar refractivity (Wildman–Crippen MR) is 87.5 cm³/mol. The van der Waals surface area contributed by atoms with E-state index in [-0.39, 0.29) is 39.6 Å². The van der Waals surface area contributed by atoms with Gasteiger partial charge in [0.25, 0.3) is 0 Å². The Morgan fingerprint density at radius 3 is 2.54 bits per heavy atom. The largest absolute Gasteiger partial charge is 0.444 e. The van der Waals surface area contributed by atoms with Gasteiger partial charge < -0.3 is 14.7 Å². The average Bonchev–Trinajstić information content (AvgIpc) is 2.96. The van der Waals surface area contributed by atoms with Crippen LogP contribution in [0.3, 0.4) is 0 Å². The van der Waals surface area contributed by atoms with Crippen molar-refractivity contribution in [1.82, 2.24) is 9.88 Å². The molecule has 4 atom stereocenters. The quantitative estimate of drug-likeness (QED) is 0.799. The summed E-state index contributed by atoms with van der Waals surface area (Å²) in [7, 11) is 0. The predicted octanol–water partition coefficient (Wildman–Crippen LogP) is 3.67. The summed E-state index contributed by atoms with van der Waals surface area (Å²) >= 11 is 11.5. The van der Waals surface area contributed by atoms with E-state index in [1.54, 1.807) is 4.90 Å². The monoisotopic (exact) mass is 376 g/mol. The number of carbonyl (C=O) groups is 1. The molecule has 1 aromatic rings. The number of pyridine rings is 1. The highest BCUT2D eigenvalue weighted by Crippen LogP contribution is 2.58. The van der Waals surface area contributed by atoms with Gasteiger partial charge in [0.2, 0.25) is 0 Å². The lowest BCUT2D eigenvalue weighted by atomic mass is 10.0. The van der Waals surface area contributed by atoms with E-state index >= 15 is 0 Å². The van der Waals surface area contributed by atoms with Crippen molar-refractivity contribution in [3.63, 3.8) is 0 Å². The van der Waals surface area contributed by atoms with E-state index in [0.717, 1.165) is 0 Å². The van der Waals surface area contributed by atoms with Gasteiger partial charge in [0.1, 0.15) is 5.60 Å². The van der Waals surface area contributed by atoms with Crippen LogP contribution in [0.4, 0.5) is 9.18 Å². The molecule has 2 heterocycles. The van der Waals surface area contributed by atoms with Gasteiger partial charge in [-0.1, -0.05) is 23.2 Å². The fourth-order valence-electron chi connectivity index (χ4n) is 3.39. The first-order chi connectivity index (χ1) is 11.1. The minimum atomic E-state index is -0.924. The third-order valence-electron chi connectivity index (χ3n) is 4.54. The Balaban J connectivity index is 1.64. The highest BCUT2D eigenvalue weighted by molar-refractivity contribution is 6.34. The summed E-state index contributed by atoms with van der Waals surface area (Å²) in [6.07, 6.45) is 0.0330. The summed E-state index contributed by atoms with van der Waals surface area (Å²) in [5.74, 6) is -0.579. The first-order valence-electron chi connectivity index (χ1n) is 7.75. The first-order valence-corrected chi connectivity index (χ1v) is 8.51. The van der Waals surface area contributed by atoms with Crippen molar-refractivity contribution >= 4 is 29.3 Å². The number of rotatable bonds is 2. The SMILES string of the molecule is CC(C)(C)OC(=O)N1C[C@@H]2C(C(O)c3cnc(Cl)c(F)c3Cl)[C@@H]2C1. The molecule has 1 aromatic heterocycles. The fraction of sp³-hybridized carbons (Fsp3) is 0.625. The van der Waals surface area contributed by atoms with E-state index in [4.69, 9.17) is 27.9 Å². The zero-order valence-electron chi connectivity index (χ0n) is 13.6. The molecule has 1 aliphatic heterocycles. The van der Waals surface area contributed by atoms with Crippen LogP contribution in [0.5, 0.6) is 0 Å². The molecule has 1 amide bonds. The van der Waals surface area contributed by atoms with Gasteiger partial charge in [-0.15, -0.1) is 0 Å². The van der Waals surface area contributed by atoms with Gasteiger partial charge in [0, 0.05) is 24.8 Å². The number of aliphatic hydroxyl groups is 1. The molecule has 1 saturated heterocycles. The zero-order valence-corrected chi connectivity index (χ0v) is 15.1. The van der Waals surface area contributed by atoms with Crippen molar-refractivity contribution in [3.8, 4) is 0 Å². The Bertz CT molecular complexity index is 668. The van der Waals surface area contributed by atoms with Crippen LogP contribution in [0.2, 0.25) is 10.2 Å². The molecule has 1 N–H and O–H groups in total. The number of halogens is 3. The van der Waals surface area contributed by atoms with Crippen molar-refractivity contribution in [2.75, 3.05) is 13.1 Å². The lowest BCUT2D eigenvalue weighted by Gasteiger charge is -2.26. The summed E-state index contributed by atoms with van der Waals surface area (Å²) in [5.41, 5.74) is -0.301. The first kappa shape index (κ1) is 17.7. The summed E-state index contributed by atoms with van der Waals surface area (Å²) in [5, 5.41) is 9.99. The second-order valence-corrected chi connectivity index (χ2v) is 8.10. The molecule has 2 unspecified atom stereocenters. The number of piperidine rings is 1. The number of amides is 1. The minimum absolute atomic E-state index is 0.0661. The summed E-state index contributed by atoms with van der Waals surface area (Å²) < 4.78 is 19.1. The molecule has 0 spiro atoms. The number of ether oxygens (including phenoxy) is 1. The lowest BCUT2D eigenvalue weighted by Crippen LogP contribution is -2.37. The second-order valence-electron chi connectivity index (χ2n) is 7.37. The Hall–Kier alpha value is -1.11. The lowest BCUT2D eigenvalue weighted by molar-refractivity contribution is 0.0241. The number of nitrogens with zero attached hydrogens (tertiary/aromatic N) is 2. The summed E-state index contributed by atoms with van der Waals surface area (Å²) in [6.45, 7) is 6.49. The molecule has 2 aliphatic rings. The van der Waals surface area contributed by atoms with Crippen LogP contribution < -0.4 is 0 Å². The normalized spacial score (nSPS) is 27.0. The minimum Gasteiger partial charge on any atom is -0.444 e. The molecule has 24 heavy (non-hydrogen) atoms. The molecular formula is C16H19Cl2FN2O3. The van der Waals surface area contributed by atoms with Crippen LogP contribution in [0.25, 0.3) is 0 Å². The van der Waals surface area contributed by atoms with Crippen molar-refractivity contribution in [3.05, 3.63) is 27.8 Å². The number of likely N-dealkylation sites (tertiary alicyclic amines) is 1. The third kappa shape index (κ3) is 3.19. The van der Waals surface area contributed by atoms with Gasteiger partial charge in [-0.2, -0.15) is 0 Å². The van der Waals surface area contributed by atoms with E-state index in [1.807, 2.05) is 20.8 Å². The molecule has 3 rings (SSSR count). The Morgan fingerprint density at radius 2 is 2.00 bits per heavy atom. The Labute approximate surface area is 149 Å². The Kier molecular flexibility index (Phi) is 4.43. The van der Waals surface area contributed by atoms with E-state index in [9.17, 15) is 14.3 Å². The van der Waals surface area contributed by atoms with Gasteiger partial charge in [0.05, 0.1) is 11.1 Å². The molecule has 132 valence electrons. The van der Waals surface area contributed by atoms with E-state index in [0.29, 0.717) is 13.1 Å². The van der Waals surface area contributed by atoms with E-state index in [1.165, 1.54) is 6.20 Å². The summed E-state index contributed by atoms with van der Waals surface area (Å²) in [4.78, 5) is 17.4. The Morgan fingerprint density at radius 1 is 1.42 bits per heavy atom. The van der Waals surface area contributed by atoms with Gasteiger partial charge >= 0.3 is 6.09 Å². The van der Waals surface area contributed by atoms with E-state index in [2.05, 4.69) is 4.98 Å². The van der Waals surface area contributed by atoms with Crippen molar-refractivity contribution < 1.29 is 19.0 Å². The number of aliphatic hydroxyl groups excluding tert-OH is 1. The maximum absolute atomic E-state index is 13.7. The summed E-state index contributed by atoms with van der Waals surface area (Å²) in [6, 6.07) is 0. The maximum Gasteiger partial charge on any atom is 0.410 e. The smallest absolute Gasteiger partial charge is 0.410 e. The second kappa shape index (κ2) is 6.00. The molecule has 0 aromatic carbocycles. The number of carbonyl (C=O) groups excluding carboxylic acids is 1. The number of hydrogen-bond acceptors (Lipinski definition) is 4. The van der Waals surface area contributed by atoms with Crippen LogP contribution in [-0.2, 0) is 4.74 Å². The molecule has 2 fully saturated rings. The van der Waals surface area contributed by atoms with Crippen LogP contribution in [0.1, 0.15) is 32.4 Å². The number of aromatic nitrogens is 1. The molecule has 8 heteroatoms. The number of fused-ring (bicyclic) bond motifs is 1. The van der Waals surface area contributed by atoms with Crippen LogP contribution in [0.15, 0.2) is 6.20 Å². The molecule has 0 bridgehead atoms. The highest BCUT2D eigenvalue weighted by Gasteiger charge is 2.60. The van der Waals surface area contributed by atoms with Gasteiger partial charge in [-0.25, -0.2) is 14.2 Å². The number of hydrogen-bond donors (Lipinski definition) is 1. The standard InChI is InChI=1S/C16H19Cl2FN2O3/c1-16(2,3)24-15(23)21-5-8-9(6-21)10(8)13(22)7-4-20-14(18)12(19)11(7)17/h4,8-10,13,22H,5-6H2,1-3H3/t8-,9+,10?,13?. The van der Waals surface area contributed by atoms with Gasteiger partial charge in [-0.05, 0) is 38.5 Å². The van der Waals surface area contributed by atoms with Gasteiger partial charge in [-0.3, -0.25) is 0 Å². The maximum atomic E-state index is 13.7. The highest BCUT2D eigenvalue weighted by atomic mass is 35.5. The van der Waals surface area contributed by atoms with Crippen molar-refractivity contribution in [2.24, 2.45) is 17.8 Å². The van der Waals surface area contributed by atoms with Crippen LogP contribution >= 0.6 is 23.2 Å². The molecule has 1 saturated carbocycles. The molecule has 5 nitrogen and oxygen atoms in total. The molecule has 1 aliphatic carbocycles. The van der Waals surface area contributed by atoms with Crippen LogP contribution in [-0.4, -0.2) is 39.8 Å². The molecule has 0 radical (unpaired) electrons. The van der Waals surface area contributed by atoms with Crippen molar-refractivity contribution in [2.45, 2.75) is 32.5 Å². The zero-order chi connectivity index (χ0) is 17.8. The van der Waals surface area contributed by atoms with E-state index < -0.39 is 17.5 Å². The van der Waals surface area contributed by atoms with Gasteiger partial charge in [0.15, 0.2) is 11.0 Å². The average molecular weight is 377 g/mol.